The quantitative estimate of drug-likeness (QED) is 0.264. The zero-order chi connectivity index (χ0) is 25.8. The van der Waals surface area contributed by atoms with Crippen molar-refractivity contribution in [2.75, 3.05) is 0 Å². The normalized spacial score (nSPS) is 14.5. The molecule has 180 valence electrons. The predicted octanol–water partition coefficient (Wildman–Crippen LogP) is 7.53. The van der Waals surface area contributed by atoms with Crippen LogP contribution in [0.25, 0.3) is 0 Å². The highest BCUT2D eigenvalue weighted by Crippen LogP contribution is 2.21. The van der Waals surface area contributed by atoms with Gasteiger partial charge in [0.1, 0.15) is 0 Å². The number of carbonyl (C=O) groups is 3. The van der Waals surface area contributed by atoms with E-state index in [1.807, 2.05) is 74.5 Å². The molecule has 0 atom stereocenters. The van der Waals surface area contributed by atoms with Gasteiger partial charge in [0.05, 0.1) is 0 Å². The van der Waals surface area contributed by atoms with Crippen molar-refractivity contribution in [1.29, 1.82) is 0 Å². The molecule has 0 fully saturated rings. The Bertz CT molecular complexity index is 1310. The molecule has 0 bridgehead atoms. The fourth-order valence-electron chi connectivity index (χ4n) is 3.68. The largest absolute Gasteiger partial charge is 0.290 e. The molecule has 2 aromatic rings. The van der Waals surface area contributed by atoms with E-state index in [1.165, 1.54) is 0 Å². The highest BCUT2D eigenvalue weighted by atomic mass is 16.1. The minimum atomic E-state index is -0.0800. The lowest BCUT2D eigenvalue weighted by Gasteiger charge is -2.00. The van der Waals surface area contributed by atoms with Crippen LogP contribution in [-0.4, -0.2) is 17.3 Å². The molecule has 0 N–H and O–H groups in total. The van der Waals surface area contributed by atoms with E-state index in [-0.39, 0.29) is 17.3 Å². The van der Waals surface area contributed by atoms with Gasteiger partial charge in [-0.2, -0.15) is 0 Å². The monoisotopic (exact) mass is 474 g/mol. The first kappa shape index (κ1) is 26.2. The van der Waals surface area contributed by atoms with Crippen LogP contribution in [-0.2, 0) is 4.79 Å². The van der Waals surface area contributed by atoms with Crippen molar-refractivity contribution in [3.63, 3.8) is 0 Å². The van der Waals surface area contributed by atoms with Gasteiger partial charge in [0.2, 0.25) is 0 Å². The van der Waals surface area contributed by atoms with Gasteiger partial charge < -0.3 is 0 Å². The van der Waals surface area contributed by atoms with Gasteiger partial charge in [-0.25, -0.2) is 0 Å². The summed E-state index contributed by atoms with van der Waals surface area (Å²) in [5.74, 6) is -0.186. The molecule has 0 saturated carbocycles. The second-order valence-electron chi connectivity index (χ2n) is 8.26. The van der Waals surface area contributed by atoms with Crippen molar-refractivity contribution in [1.82, 2.24) is 0 Å². The average molecular weight is 475 g/mol. The number of rotatable bonds is 10. The first-order valence-corrected chi connectivity index (χ1v) is 12.0. The molecule has 2 aromatic carbocycles. The van der Waals surface area contributed by atoms with E-state index >= 15 is 0 Å². The Kier molecular flexibility index (Phi) is 9.84. The molecule has 0 saturated heterocycles. The number of carbonyl (C=O) groups excluding carboxylic acids is 3. The first-order chi connectivity index (χ1) is 17.5. The van der Waals surface area contributed by atoms with Crippen LogP contribution in [0.15, 0.2) is 144 Å². The van der Waals surface area contributed by atoms with Crippen LogP contribution in [0.3, 0.4) is 0 Å². The van der Waals surface area contributed by atoms with Gasteiger partial charge in [0, 0.05) is 11.1 Å². The molecule has 3 rings (SSSR count). The Hall–Kier alpha value is -4.37. The van der Waals surface area contributed by atoms with E-state index < -0.39 is 0 Å². The predicted molar refractivity (Wildman–Crippen MR) is 147 cm³/mol. The molecule has 3 nitrogen and oxygen atoms in total. The van der Waals surface area contributed by atoms with Crippen LogP contribution in [0.4, 0.5) is 0 Å². The first-order valence-electron chi connectivity index (χ1n) is 12.0. The van der Waals surface area contributed by atoms with Crippen molar-refractivity contribution in [2.45, 2.75) is 26.7 Å². The molecule has 0 spiro atoms. The van der Waals surface area contributed by atoms with Crippen molar-refractivity contribution in [3.05, 3.63) is 155 Å². The Morgan fingerprint density at radius 1 is 0.722 bits per heavy atom. The third-order valence-corrected chi connectivity index (χ3v) is 5.72. The standard InChI is InChI=1S/C33H30O3/c1-3-28(4-2)31(34)22-19-27-23-25(17-20-32(35)29-11-7-5-8-12-29)15-16-26(24-27)18-21-33(36)30-13-9-6-10-14-30/h3,5-15,17-24H,4,16H2,1-2H3/b20-17+,21-18+,22-19+,28-3+. The molecule has 0 heterocycles. The molecule has 1 aliphatic carbocycles. The number of benzene rings is 2. The lowest BCUT2D eigenvalue weighted by Crippen LogP contribution is -1.96. The van der Waals surface area contributed by atoms with Crippen molar-refractivity contribution in [3.8, 4) is 0 Å². The van der Waals surface area contributed by atoms with Crippen molar-refractivity contribution in [2.24, 2.45) is 0 Å². The minimum Gasteiger partial charge on any atom is -0.290 e. The van der Waals surface area contributed by atoms with E-state index in [1.54, 1.807) is 60.7 Å². The summed E-state index contributed by atoms with van der Waals surface area (Å²) in [6.07, 6.45) is 19.0. The second kappa shape index (κ2) is 13.5. The lowest BCUT2D eigenvalue weighted by atomic mass is 10.0. The Balaban J connectivity index is 1.86. The molecule has 3 heteroatoms. The maximum absolute atomic E-state index is 12.5. The molecule has 0 unspecified atom stereocenters. The average Bonchev–Trinajstić information content (AvgIpc) is 3.12. The molecule has 0 radical (unpaired) electrons. The smallest absolute Gasteiger partial charge is 0.185 e. The van der Waals surface area contributed by atoms with E-state index in [0.717, 1.165) is 22.3 Å². The summed E-state index contributed by atoms with van der Waals surface area (Å²) in [4.78, 5) is 37.6. The van der Waals surface area contributed by atoms with Crippen LogP contribution >= 0.6 is 0 Å². The Morgan fingerprint density at radius 3 is 1.83 bits per heavy atom. The van der Waals surface area contributed by atoms with Crippen molar-refractivity contribution >= 4 is 17.3 Å². The van der Waals surface area contributed by atoms with E-state index in [4.69, 9.17) is 0 Å². The van der Waals surface area contributed by atoms with E-state index in [9.17, 15) is 14.4 Å². The topological polar surface area (TPSA) is 51.2 Å². The SMILES string of the molecule is C/C=C(\CC)C(=O)/C=C/C1=CC(/C=C/C(=O)c2ccccc2)=CCC(/C=C/C(=O)c2ccccc2)=C1. The zero-order valence-electron chi connectivity index (χ0n) is 20.7. The fourth-order valence-corrected chi connectivity index (χ4v) is 3.68. The minimum absolute atomic E-state index is 0.0322. The summed E-state index contributed by atoms with van der Waals surface area (Å²) in [6.45, 7) is 3.81. The summed E-state index contributed by atoms with van der Waals surface area (Å²) in [6, 6.07) is 18.2. The molecular weight excluding hydrogens is 444 g/mol. The highest BCUT2D eigenvalue weighted by molar-refractivity contribution is 6.05. The van der Waals surface area contributed by atoms with Gasteiger partial charge in [-0.05, 0) is 66.4 Å². The van der Waals surface area contributed by atoms with Gasteiger partial charge in [0.25, 0.3) is 0 Å². The van der Waals surface area contributed by atoms with E-state index in [2.05, 4.69) is 0 Å². The maximum atomic E-state index is 12.5. The zero-order valence-corrected chi connectivity index (χ0v) is 20.7. The van der Waals surface area contributed by atoms with Crippen LogP contribution in [0.5, 0.6) is 0 Å². The second-order valence-corrected chi connectivity index (χ2v) is 8.26. The third-order valence-electron chi connectivity index (χ3n) is 5.72. The van der Waals surface area contributed by atoms with Gasteiger partial charge in [-0.3, -0.25) is 14.4 Å². The number of allylic oxidation sites excluding steroid dienone is 14. The van der Waals surface area contributed by atoms with Gasteiger partial charge >= 0.3 is 0 Å². The van der Waals surface area contributed by atoms with Crippen LogP contribution < -0.4 is 0 Å². The third kappa shape index (κ3) is 7.85. The number of ketones is 3. The fraction of sp³-hybridized carbons (Fsp3) is 0.121. The molecule has 0 aromatic heterocycles. The molecule has 36 heavy (non-hydrogen) atoms. The van der Waals surface area contributed by atoms with Crippen LogP contribution in [0.1, 0.15) is 47.4 Å². The Labute approximate surface area is 213 Å². The van der Waals surface area contributed by atoms with Gasteiger partial charge in [0.15, 0.2) is 17.3 Å². The van der Waals surface area contributed by atoms with E-state index in [0.29, 0.717) is 24.0 Å². The van der Waals surface area contributed by atoms with Gasteiger partial charge in [-0.15, -0.1) is 0 Å². The summed E-state index contributed by atoms with van der Waals surface area (Å²) < 4.78 is 0. The number of hydrogen-bond donors (Lipinski definition) is 0. The number of hydrogen-bond acceptors (Lipinski definition) is 3. The Morgan fingerprint density at radius 2 is 1.28 bits per heavy atom. The molecule has 0 amide bonds. The summed E-state index contributed by atoms with van der Waals surface area (Å²) in [7, 11) is 0. The van der Waals surface area contributed by atoms with Crippen LogP contribution in [0, 0.1) is 0 Å². The molecular formula is C33H30O3. The lowest BCUT2D eigenvalue weighted by molar-refractivity contribution is -0.111. The molecule has 0 aliphatic heterocycles. The highest BCUT2D eigenvalue weighted by Gasteiger charge is 2.07. The summed E-state index contributed by atoms with van der Waals surface area (Å²) in [5, 5.41) is 0. The van der Waals surface area contributed by atoms with Crippen molar-refractivity contribution < 1.29 is 14.4 Å². The summed E-state index contributed by atoms with van der Waals surface area (Å²) >= 11 is 0. The maximum Gasteiger partial charge on any atom is 0.185 e. The van der Waals surface area contributed by atoms with Crippen LogP contribution in [0.2, 0.25) is 0 Å². The molecule has 1 aliphatic rings. The summed E-state index contributed by atoms with van der Waals surface area (Å²) in [5.41, 5.74) is 4.58. The van der Waals surface area contributed by atoms with Gasteiger partial charge in [-0.1, -0.05) is 104 Å².